The Morgan fingerprint density at radius 3 is 2.74 bits per heavy atom. The zero-order valence-corrected chi connectivity index (χ0v) is 17.8. The fraction of sp³-hybridized carbons (Fsp3) is 0.273. The highest BCUT2D eigenvalue weighted by Gasteiger charge is 2.25. The van der Waals surface area contributed by atoms with Crippen LogP contribution in [0.2, 0.25) is 0 Å². The van der Waals surface area contributed by atoms with Gasteiger partial charge in [-0.3, -0.25) is 9.69 Å². The number of thiophene rings is 1. The van der Waals surface area contributed by atoms with Crippen LogP contribution in [0.15, 0.2) is 48.7 Å². The standard InChI is InChI=1S/C22H21FN6OS/c1-15-7-8-24-22-25-20(26-29(15)22)21(30)28-11-9-27(10-12-28)14-18-5-6-19(31-18)16-3-2-4-17(23)13-16/h2-8,13H,9-12,14H2,1H3. The van der Waals surface area contributed by atoms with Crippen LogP contribution >= 0.6 is 11.3 Å². The van der Waals surface area contributed by atoms with Crippen LogP contribution < -0.4 is 0 Å². The van der Waals surface area contributed by atoms with Crippen molar-refractivity contribution in [3.05, 3.63) is 70.9 Å². The molecule has 158 valence electrons. The first kappa shape index (κ1) is 19.8. The third kappa shape index (κ3) is 4.06. The highest BCUT2D eigenvalue weighted by Crippen LogP contribution is 2.29. The maximum absolute atomic E-state index is 13.5. The van der Waals surface area contributed by atoms with Crippen LogP contribution in [0.5, 0.6) is 0 Å². The summed E-state index contributed by atoms with van der Waals surface area (Å²) in [6, 6.07) is 12.6. The first-order chi connectivity index (χ1) is 15.1. The van der Waals surface area contributed by atoms with Crippen LogP contribution in [0.25, 0.3) is 16.2 Å². The molecular weight excluding hydrogens is 415 g/mol. The van der Waals surface area contributed by atoms with Crippen molar-refractivity contribution in [2.24, 2.45) is 0 Å². The molecule has 0 atom stereocenters. The van der Waals surface area contributed by atoms with Crippen LogP contribution in [0.3, 0.4) is 0 Å². The highest BCUT2D eigenvalue weighted by atomic mass is 32.1. The van der Waals surface area contributed by atoms with Gasteiger partial charge in [0.15, 0.2) is 0 Å². The number of aromatic nitrogens is 4. The molecule has 1 aliphatic heterocycles. The average Bonchev–Trinajstić information content (AvgIpc) is 3.42. The summed E-state index contributed by atoms with van der Waals surface area (Å²) >= 11 is 1.68. The SMILES string of the molecule is Cc1ccnc2nc(C(=O)N3CCN(Cc4ccc(-c5cccc(F)c5)s4)CC3)nn12. The van der Waals surface area contributed by atoms with E-state index in [2.05, 4.69) is 26.0 Å². The number of halogens is 1. The van der Waals surface area contributed by atoms with Gasteiger partial charge >= 0.3 is 0 Å². The van der Waals surface area contributed by atoms with E-state index in [1.54, 1.807) is 39.1 Å². The van der Waals surface area contributed by atoms with Crippen molar-refractivity contribution in [2.45, 2.75) is 13.5 Å². The topological polar surface area (TPSA) is 66.6 Å². The quantitative estimate of drug-likeness (QED) is 0.491. The van der Waals surface area contributed by atoms with Crippen molar-refractivity contribution < 1.29 is 9.18 Å². The van der Waals surface area contributed by atoms with Crippen molar-refractivity contribution >= 4 is 23.0 Å². The van der Waals surface area contributed by atoms with Gasteiger partial charge in [0, 0.05) is 54.4 Å². The van der Waals surface area contributed by atoms with E-state index in [1.807, 2.05) is 25.1 Å². The molecule has 3 aromatic heterocycles. The molecule has 0 aliphatic carbocycles. The van der Waals surface area contributed by atoms with Crippen LogP contribution in [-0.2, 0) is 6.54 Å². The Kier molecular flexibility index (Phi) is 5.21. The number of amides is 1. The van der Waals surface area contributed by atoms with E-state index in [0.29, 0.717) is 18.9 Å². The Hall–Kier alpha value is -3.17. The maximum Gasteiger partial charge on any atom is 0.293 e. The minimum atomic E-state index is -0.223. The van der Waals surface area contributed by atoms with Crippen molar-refractivity contribution in [1.82, 2.24) is 29.4 Å². The van der Waals surface area contributed by atoms with E-state index < -0.39 is 0 Å². The third-order valence-corrected chi connectivity index (χ3v) is 6.55. The van der Waals surface area contributed by atoms with Crippen molar-refractivity contribution in [3.8, 4) is 10.4 Å². The molecule has 9 heteroatoms. The van der Waals surface area contributed by atoms with Gasteiger partial charge in [-0.05, 0) is 42.8 Å². The molecule has 5 rings (SSSR count). The Morgan fingerprint density at radius 1 is 1.13 bits per heavy atom. The van der Waals surface area contributed by atoms with E-state index in [9.17, 15) is 9.18 Å². The fourth-order valence-corrected chi connectivity index (χ4v) is 4.77. The molecular formula is C22H21FN6OS. The minimum Gasteiger partial charge on any atom is -0.333 e. The van der Waals surface area contributed by atoms with Crippen LogP contribution in [0.4, 0.5) is 4.39 Å². The van der Waals surface area contributed by atoms with Gasteiger partial charge < -0.3 is 4.90 Å². The number of carbonyl (C=O) groups excluding carboxylic acids is 1. The van der Waals surface area contributed by atoms with Crippen molar-refractivity contribution in [3.63, 3.8) is 0 Å². The summed E-state index contributed by atoms with van der Waals surface area (Å²) in [5, 5.41) is 4.33. The summed E-state index contributed by atoms with van der Waals surface area (Å²) in [6.45, 7) is 5.54. The lowest BCUT2D eigenvalue weighted by molar-refractivity contribution is 0.0618. The summed E-state index contributed by atoms with van der Waals surface area (Å²) in [5.74, 6) is 0.246. The molecule has 0 spiro atoms. The average molecular weight is 437 g/mol. The number of aryl methyl sites for hydroxylation is 1. The second-order valence-electron chi connectivity index (χ2n) is 7.58. The Labute approximate surface area is 182 Å². The van der Waals surface area contributed by atoms with Crippen LogP contribution in [0, 0.1) is 12.7 Å². The lowest BCUT2D eigenvalue weighted by Crippen LogP contribution is -2.48. The molecule has 0 unspecified atom stereocenters. The van der Waals surface area contributed by atoms with Crippen LogP contribution in [-0.4, -0.2) is 61.5 Å². The smallest absolute Gasteiger partial charge is 0.293 e. The summed E-state index contributed by atoms with van der Waals surface area (Å²) in [6.07, 6.45) is 1.66. The van der Waals surface area contributed by atoms with Crippen molar-refractivity contribution in [2.75, 3.05) is 26.2 Å². The summed E-state index contributed by atoms with van der Waals surface area (Å²) in [7, 11) is 0. The van der Waals surface area contributed by atoms with E-state index >= 15 is 0 Å². The van der Waals surface area contributed by atoms with Gasteiger partial charge in [-0.1, -0.05) is 12.1 Å². The molecule has 1 saturated heterocycles. The largest absolute Gasteiger partial charge is 0.333 e. The number of benzene rings is 1. The predicted molar refractivity (Wildman–Crippen MR) is 116 cm³/mol. The van der Waals surface area contributed by atoms with Gasteiger partial charge in [0.1, 0.15) is 5.82 Å². The lowest BCUT2D eigenvalue weighted by Gasteiger charge is -2.33. The molecule has 4 aromatic rings. The van der Waals surface area contributed by atoms with Gasteiger partial charge in [0.2, 0.25) is 5.82 Å². The number of fused-ring (bicyclic) bond motifs is 1. The van der Waals surface area contributed by atoms with E-state index in [0.717, 1.165) is 35.8 Å². The Bertz CT molecular complexity index is 1240. The van der Waals surface area contributed by atoms with E-state index in [-0.39, 0.29) is 17.5 Å². The lowest BCUT2D eigenvalue weighted by atomic mass is 10.2. The summed E-state index contributed by atoms with van der Waals surface area (Å²) < 4.78 is 15.1. The molecule has 4 heterocycles. The second-order valence-corrected chi connectivity index (χ2v) is 8.75. The zero-order chi connectivity index (χ0) is 21.4. The fourth-order valence-electron chi connectivity index (χ4n) is 3.73. The molecule has 0 bridgehead atoms. The van der Waals surface area contributed by atoms with Gasteiger partial charge in [-0.25, -0.2) is 13.9 Å². The normalized spacial score (nSPS) is 15.0. The monoisotopic (exact) mass is 436 g/mol. The van der Waals surface area contributed by atoms with E-state index in [1.165, 1.54) is 10.9 Å². The molecule has 1 aliphatic rings. The van der Waals surface area contributed by atoms with Crippen molar-refractivity contribution in [1.29, 1.82) is 0 Å². The van der Waals surface area contributed by atoms with E-state index in [4.69, 9.17) is 0 Å². The number of rotatable bonds is 4. The highest BCUT2D eigenvalue weighted by molar-refractivity contribution is 7.15. The molecule has 1 amide bonds. The molecule has 31 heavy (non-hydrogen) atoms. The number of hydrogen-bond donors (Lipinski definition) is 0. The van der Waals surface area contributed by atoms with Gasteiger partial charge in [-0.15, -0.1) is 16.4 Å². The Morgan fingerprint density at radius 2 is 1.97 bits per heavy atom. The molecule has 1 aromatic carbocycles. The number of carbonyl (C=O) groups is 1. The molecule has 0 N–H and O–H groups in total. The number of nitrogens with zero attached hydrogens (tertiary/aromatic N) is 6. The number of hydrogen-bond acceptors (Lipinski definition) is 6. The molecule has 0 saturated carbocycles. The zero-order valence-electron chi connectivity index (χ0n) is 17.0. The third-order valence-electron chi connectivity index (χ3n) is 5.43. The summed E-state index contributed by atoms with van der Waals surface area (Å²) in [5.41, 5.74) is 1.78. The van der Waals surface area contributed by atoms with Crippen LogP contribution in [0.1, 0.15) is 21.2 Å². The molecule has 0 radical (unpaired) electrons. The molecule has 7 nitrogen and oxygen atoms in total. The van der Waals surface area contributed by atoms with Gasteiger partial charge in [0.25, 0.3) is 11.7 Å². The first-order valence-corrected chi connectivity index (χ1v) is 10.9. The summed E-state index contributed by atoms with van der Waals surface area (Å²) in [4.78, 5) is 27.7. The predicted octanol–water partition coefficient (Wildman–Crippen LogP) is 3.26. The number of piperazine rings is 1. The van der Waals surface area contributed by atoms with Gasteiger partial charge in [-0.2, -0.15) is 4.98 Å². The van der Waals surface area contributed by atoms with Gasteiger partial charge in [0.05, 0.1) is 0 Å². The first-order valence-electron chi connectivity index (χ1n) is 10.1. The maximum atomic E-state index is 13.5. The molecule has 1 fully saturated rings. The Balaban J connectivity index is 1.20. The minimum absolute atomic E-state index is 0.158. The second kappa shape index (κ2) is 8.16.